The summed E-state index contributed by atoms with van der Waals surface area (Å²) in [5.74, 6) is -0.398. The van der Waals surface area contributed by atoms with E-state index in [0.717, 1.165) is 0 Å². The number of halogens is 1. The average Bonchev–Trinajstić information content (AvgIpc) is 2.54. The predicted molar refractivity (Wildman–Crippen MR) is 86.0 cm³/mol. The van der Waals surface area contributed by atoms with Crippen LogP contribution in [0.2, 0.25) is 5.02 Å². The molecule has 0 unspecified atom stereocenters. The molecule has 0 atom stereocenters. The standard InChI is InChI=1S/C17H16ClNO4/c1-17(2,16(21)19-22)23-14-9-5-12(6-10-14)15(20)11-3-7-13(18)8-4-11/h3-10,22H,1-2H3,(H,19,21). The number of benzene rings is 2. The maximum absolute atomic E-state index is 12.3. The van der Waals surface area contributed by atoms with E-state index in [1.807, 2.05) is 0 Å². The fraction of sp³-hybridized carbons (Fsp3) is 0.176. The summed E-state index contributed by atoms with van der Waals surface area (Å²) in [6.45, 7) is 3.04. The molecule has 6 heteroatoms. The Labute approximate surface area is 138 Å². The molecule has 0 aliphatic carbocycles. The molecular weight excluding hydrogens is 318 g/mol. The van der Waals surface area contributed by atoms with Crippen LogP contribution in [0.4, 0.5) is 0 Å². The van der Waals surface area contributed by atoms with E-state index in [9.17, 15) is 9.59 Å². The lowest BCUT2D eigenvalue weighted by Crippen LogP contribution is -2.45. The summed E-state index contributed by atoms with van der Waals surface area (Å²) in [6.07, 6.45) is 0. The summed E-state index contributed by atoms with van der Waals surface area (Å²) in [6, 6.07) is 13.0. The summed E-state index contributed by atoms with van der Waals surface area (Å²) in [4.78, 5) is 23.8. The van der Waals surface area contributed by atoms with Crippen LogP contribution in [0.25, 0.3) is 0 Å². The fourth-order valence-corrected chi connectivity index (χ4v) is 2.04. The highest BCUT2D eigenvalue weighted by Crippen LogP contribution is 2.21. The van der Waals surface area contributed by atoms with Crippen LogP contribution >= 0.6 is 11.6 Å². The molecule has 0 heterocycles. The van der Waals surface area contributed by atoms with Crippen molar-refractivity contribution in [3.63, 3.8) is 0 Å². The normalized spacial score (nSPS) is 11.0. The lowest BCUT2D eigenvalue weighted by Gasteiger charge is -2.23. The van der Waals surface area contributed by atoms with Crippen molar-refractivity contribution in [3.8, 4) is 5.75 Å². The highest BCUT2D eigenvalue weighted by Gasteiger charge is 2.29. The van der Waals surface area contributed by atoms with Crippen LogP contribution in [0.5, 0.6) is 5.75 Å². The minimum Gasteiger partial charge on any atom is -0.478 e. The third-order valence-corrected chi connectivity index (χ3v) is 3.50. The van der Waals surface area contributed by atoms with Gasteiger partial charge in [-0.2, -0.15) is 0 Å². The van der Waals surface area contributed by atoms with E-state index >= 15 is 0 Å². The van der Waals surface area contributed by atoms with Crippen LogP contribution in [-0.4, -0.2) is 22.5 Å². The smallest absolute Gasteiger partial charge is 0.286 e. The van der Waals surface area contributed by atoms with Gasteiger partial charge in [-0.15, -0.1) is 0 Å². The van der Waals surface area contributed by atoms with Crippen molar-refractivity contribution < 1.29 is 19.5 Å². The molecule has 0 bridgehead atoms. The number of nitrogens with one attached hydrogen (secondary N) is 1. The van der Waals surface area contributed by atoms with Crippen molar-refractivity contribution >= 4 is 23.3 Å². The number of hydrogen-bond acceptors (Lipinski definition) is 4. The second-order valence-electron chi connectivity index (χ2n) is 5.41. The van der Waals surface area contributed by atoms with Crippen LogP contribution < -0.4 is 10.2 Å². The topological polar surface area (TPSA) is 75.6 Å². The first-order valence-corrected chi connectivity index (χ1v) is 7.25. The molecule has 23 heavy (non-hydrogen) atoms. The van der Waals surface area contributed by atoms with Crippen molar-refractivity contribution in [1.82, 2.24) is 5.48 Å². The van der Waals surface area contributed by atoms with Crippen molar-refractivity contribution in [1.29, 1.82) is 0 Å². The van der Waals surface area contributed by atoms with Gasteiger partial charge in [-0.3, -0.25) is 14.8 Å². The van der Waals surface area contributed by atoms with Gasteiger partial charge < -0.3 is 4.74 Å². The maximum Gasteiger partial charge on any atom is 0.286 e. The zero-order valence-electron chi connectivity index (χ0n) is 12.7. The van der Waals surface area contributed by atoms with E-state index in [1.54, 1.807) is 54.0 Å². The van der Waals surface area contributed by atoms with Gasteiger partial charge in [0.1, 0.15) is 5.75 Å². The number of rotatable bonds is 5. The number of ketones is 1. The second kappa shape index (κ2) is 6.81. The Morgan fingerprint density at radius 2 is 1.48 bits per heavy atom. The minimum atomic E-state index is -1.24. The first-order chi connectivity index (χ1) is 10.8. The monoisotopic (exact) mass is 333 g/mol. The molecule has 0 saturated heterocycles. The second-order valence-corrected chi connectivity index (χ2v) is 5.85. The molecule has 5 nitrogen and oxygen atoms in total. The van der Waals surface area contributed by atoms with Gasteiger partial charge in [-0.25, -0.2) is 5.48 Å². The van der Waals surface area contributed by atoms with E-state index in [2.05, 4.69) is 0 Å². The van der Waals surface area contributed by atoms with Crippen molar-refractivity contribution in [2.45, 2.75) is 19.4 Å². The Balaban J connectivity index is 2.15. The quantitative estimate of drug-likeness (QED) is 0.500. The van der Waals surface area contributed by atoms with Gasteiger partial charge in [0.15, 0.2) is 11.4 Å². The Morgan fingerprint density at radius 1 is 1.00 bits per heavy atom. The number of amides is 1. The molecule has 2 N–H and O–H groups in total. The van der Waals surface area contributed by atoms with Gasteiger partial charge in [-0.1, -0.05) is 11.6 Å². The lowest BCUT2D eigenvalue weighted by molar-refractivity contribution is -0.143. The zero-order valence-corrected chi connectivity index (χ0v) is 13.4. The molecule has 0 saturated carbocycles. The molecule has 1 amide bonds. The number of carbonyl (C=O) groups excluding carboxylic acids is 2. The number of ether oxygens (including phenoxy) is 1. The molecule has 2 aromatic carbocycles. The van der Waals surface area contributed by atoms with Crippen molar-refractivity contribution in [2.24, 2.45) is 0 Å². The summed E-state index contributed by atoms with van der Waals surface area (Å²) >= 11 is 5.80. The minimum absolute atomic E-state index is 0.138. The summed E-state index contributed by atoms with van der Waals surface area (Å²) < 4.78 is 5.51. The first kappa shape index (κ1) is 17.0. The van der Waals surface area contributed by atoms with Gasteiger partial charge in [0.2, 0.25) is 0 Å². The predicted octanol–water partition coefficient (Wildman–Crippen LogP) is 3.23. The molecule has 0 radical (unpaired) electrons. The third kappa shape index (κ3) is 4.09. The first-order valence-electron chi connectivity index (χ1n) is 6.87. The third-order valence-electron chi connectivity index (χ3n) is 3.24. The van der Waals surface area contributed by atoms with Gasteiger partial charge in [0.25, 0.3) is 5.91 Å². The van der Waals surface area contributed by atoms with E-state index in [4.69, 9.17) is 21.5 Å². The zero-order chi connectivity index (χ0) is 17.0. The van der Waals surface area contributed by atoms with Crippen molar-refractivity contribution in [3.05, 3.63) is 64.7 Å². The van der Waals surface area contributed by atoms with E-state index in [-0.39, 0.29) is 5.78 Å². The summed E-state index contributed by atoms with van der Waals surface area (Å²) in [5.41, 5.74) is 1.33. The highest BCUT2D eigenvalue weighted by molar-refractivity contribution is 6.30. The Hall–Kier alpha value is -2.37. The van der Waals surface area contributed by atoms with Crippen LogP contribution in [0.15, 0.2) is 48.5 Å². The molecule has 120 valence electrons. The van der Waals surface area contributed by atoms with Crippen LogP contribution in [0.1, 0.15) is 29.8 Å². The van der Waals surface area contributed by atoms with E-state index < -0.39 is 11.5 Å². The number of carbonyl (C=O) groups is 2. The Bertz CT molecular complexity index is 708. The molecule has 0 aliphatic rings. The molecule has 0 aliphatic heterocycles. The highest BCUT2D eigenvalue weighted by atomic mass is 35.5. The SMILES string of the molecule is CC(C)(Oc1ccc(C(=O)c2ccc(Cl)cc2)cc1)C(=O)NO. The average molecular weight is 334 g/mol. The Kier molecular flexibility index (Phi) is 5.03. The molecule has 0 fully saturated rings. The van der Waals surface area contributed by atoms with Crippen LogP contribution in [-0.2, 0) is 4.79 Å². The molecule has 2 rings (SSSR count). The number of hydrogen-bond donors (Lipinski definition) is 2. The molecule has 0 aromatic heterocycles. The summed E-state index contributed by atoms with van der Waals surface area (Å²) in [7, 11) is 0. The van der Waals surface area contributed by atoms with Gasteiger partial charge in [0.05, 0.1) is 0 Å². The van der Waals surface area contributed by atoms with E-state index in [1.165, 1.54) is 13.8 Å². The molecule has 2 aromatic rings. The van der Waals surface area contributed by atoms with Crippen molar-refractivity contribution in [2.75, 3.05) is 0 Å². The van der Waals surface area contributed by atoms with E-state index in [0.29, 0.717) is 21.9 Å². The molecule has 0 spiro atoms. The largest absolute Gasteiger partial charge is 0.478 e. The lowest BCUT2D eigenvalue weighted by atomic mass is 10.0. The van der Waals surface area contributed by atoms with Gasteiger partial charge in [0, 0.05) is 16.1 Å². The maximum atomic E-state index is 12.3. The number of hydroxylamine groups is 1. The fourth-order valence-electron chi connectivity index (χ4n) is 1.92. The van der Waals surface area contributed by atoms with Crippen LogP contribution in [0, 0.1) is 0 Å². The van der Waals surface area contributed by atoms with Crippen LogP contribution in [0.3, 0.4) is 0 Å². The Morgan fingerprint density at radius 3 is 1.96 bits per heavy atom. The summed E-state index contributed by atoms with van der Waals surface area (Å²) in [5, 5.41) is 9.24. The van der Waals surface area contributed by atoms with Gasteiger partial charge >= 0.3 is 0 Å². The van der Waals surface area contributed by atoms with Gasteiger partial charge in [-0.05, 0) is 62.4 Å². The molecular formula is C17H16ClNO4.